The smallest absolute Gasteiger partial charge is 0.222 e. The van der Waals surface area contributed by atoms with E-state index >= 15 is 0 Å². The van der Waals surface area contributed by atoms with Gasteiger partial charge in [0.25, 0.3) is 0 Å². The Hall–Kier alpha value is -0.650. The summed E-state index contributed by atoms with van der Waals surface area (Å²) < 4.78 is 10.5. The Morgan fingerprint density at radius 2 is 2.44 bits per heavy atom. The van der Waals surface area contributed by atoms with Gasteiger partial charge >= 0.3 is 0 Å². The summed E-state index contributed by atoms with van der Waals surface area (Å²) in [5.41, 5.74) is 0. The monoisotopic (exact) mass is 231 g/mol. The minimum absolute atomic E-state index is 0.0251. The summed E-state index contributed by atoms with van der Waals surface area (Å²) in [7, 11) is 0. The molecule has 94 valence electrons. The Balaban J connectivity index is 2.19. The predicted octanol–water partition coefficient (Wildman–Crippen LogP) is 0.0228. The fraction of sp³-hybridized carbons (Fsp3) is 0.909. The molecule has 5 heteroatoms. The first kappa shape index (κ1) is 13.4. The summed E-state index contributed by atoms with van der Waals surface area (Å²) in [4.78, 5) is 13.5. The molecule has 0 aromatic rings. The van der Waals surface area contributed by atoms with Gasteiger partial charge in [-0.05, 0) is 13.3 Å². The van der Waals surface area contributed by atoms with E-state index in [9.17, 15) is 4.79 Å². The second kappa shape index (κ2) is 7.60. The molecule has 1 fully saturated rings. The third-order valence-electron chi connectivity index (χ3n) is 2.58. The molecule has 0 radical (unpaired) electrons. The lowest BCUT2D eigenvalue weighted by molar-refractivity contribution is -0.140. The van der Waals surface area contributed by atoms with Gasteiger partial charge in [-0.2, -0.15) is 0 Å². The van der Waals surface area contributed by atoms with E-state index in [-0.39, 0.29) is 18.6 Å². The molecule has 0 spiro atoms. The van der Waals surface area contributed by atoms with Gasteiger partial charge in [-0.3, -0.25) is 4.79 Å². The molecule has 1 N–H and O–H groups in total. The Morgan fingerprint density at radius 1 is 1.62 bits per heavy atom. The zero-order valence-corrected chi connectivity index (χ0v) is 9.85. The van der Waals surface area contributed by atoms with Crippen LogP contribution >= 0.6 is 0 Å². The fourth-order valence-electron chi connectivity index (χ4n) is 1.68. The van der Waals surface area contributed by atoms with Crippen LogP contribution < -0.4 is 0 Å². The standard InChI is InChI=1S/C11H21NO4/c1-2-15-6-3-4-11(14)12-5-7-16-10(8-12)9-13/h10,13H,2-9H2,1H3. The highest BCUT2D eigenvalue weighted by molar-refractivity contribution is 5.76. The quantitative estimate of drug-likeness (QED) is 0.655. The zero-order valence-electron chi connectivity index (χ0n) is 9.85. The first-order chi connectivity index (χ1) is 7.77. The van der Waals surface area contributed by atoms with Crippen molar-refractivity contribution in [2.45, 2.75) is 25.9 Å². The minimum atomic E-state index is -0.218. The molecule has 0 bridgehead atoms. The van der Waals surface area contributed by atoms with Crippen molar-refractivity contribution in [3.63, 3.8) is 0 Å². The van der Waals surface area contributed by atoms with Crippen LogP contribution in [0.25, 0.3) is 0 Å². The first-order valence-electron chi connectivity index (χ1n) is 5.86. The van der Waals surface area contributed by atoms with Crippen LogP contribution in [0.2, 0.25) is 0 Å². The Kier molecular flexibility index (Phi) is 6.37. The molecule has 1 atom stereocenters. The van der Waals surface area contributed by atoms with Gasteiger partial charge in [0.05, 0.1) is 19.3 Å². The van der Waals surface area contributed by atoms with Crippen molar-refractivity contribution in [1.82, 2.24) is 4.90 Å². The minimum Gasteiger partial charge on any atom is -0.394 e. The van der Waals surface area contributed by atoms with Crippen LogP contribution in [-0.2, 0) is 14.3 Å². The Bertz CT molecular complexity index is 210. The van der Waals surface area contributed by atoms with Crippen LogP contribution in [-0.4, -0.2) is 61.5 Å². The number of carbonyl (C=O) groups excluding carboxylic acids is 1. The number of nitrogens with zero attached hydrogens (tertiary/aromatic N) is 1. The van der Waals surface area contributed by atoms with Crippen LogP contribution in [0.15, 0.2) is 0 Å². The average Bonchev–Trinajstić information content (AvgIpc) is 2.34. The molecule has 1 amide bonds. The van der Waals surface area contributed by atoms with Crippen molar-refractivity contribution >= 4 is 5.91 Å². The van der Waals surface area contributed by atoms with Crippen molar-refractivity contribution in [1.29, 1.82) is 0 Å². The van der Waals surface area contributed by atoms with Crippen LogP contribution in [0.1, 0.15) is 19.8 Å². The van der Waals surface area contributed by atoms with Gasteiger partial charge in [0.2, 0.25) is 5.91 Å². The molecule has 1 saturated heterocycles. The maximum Gasteiger partial charge on any atom is 0.222 e. The van der Waals surface area contributed by atoms with E-state index < -0.39 is 0 Å². The summed E-state index contributed by atoms with van der Waals surface area (Å²) in [5, 5.41) is 8.95. The topological polar surface area (TPSA) is 59.0 Å². The fourth-order valence-corrected chi connectivity index (χ4v) is 1.68. The van der Waals surface area contributed by atoms with Crippen molar-refractivity contribution < 1.29 is 19.4 Å². The maximum atomic E-state index is 11.8. The molecule has 0 saturated carbocycles. The van der Waals surface area contributed by atoms with Gasteiger partial charge in [0.1, 0.15) is 0 Å². The molecule has 0 aromatic carbocycles. The number of hydrogen-bond donors (Lipinski definition) is 1. The van der Waals surface area contributed by atoms with Crippen molar-refractivity contribution in [2.24, 2.45) is 0 Å². The lowest BCUT2D eigenvalue weighted by Gasteiger charge is -2.32. The van der Waals surface area contributed by atoms with Crippen LogP contribution in [0.3, 0.4) is 0 Å². The molecule has 1 aliphatic heterocycles. The normalized spacial score (nSPS) is 21.1. The van der Waals surface area contributed by atoms with Gasteiger partial charge in [-0.1, -0.05) is 0 Å². The summed E-state index contributed by atoms with van der Waals surface area (Å²) in [6, 6.07) is 0. The highest BCUT2D eigenvalue weighted by Gasteiger charge is 2.22. The van der Waals surface area contributed by atoms with Crippen LogP contribution in [0.5, 0.6) is 0 Å². The Morgan fingerprint density at radius 3 is 3.12 bits per heavy atom. The first-order valence-corrected chi connectivity index (χ1v) is 5.86. The molecule has 1 unspecified atom stereocenters. The van der Waals surface area contributed by atoms with E-state index in [1.54, 1.807) is 4.90 Å². The molecule has 1 rings (SSSR count). The number of morpholine rings is 1. The van der Waals surface area contributed by atoms with E-state index in [0.717, 1.165) is 6.42 Å². The van der Waals surface area contributed by atoms with Gasteiger partial charge in [-0.15, -0.1) is 0 Å². The van der Waals surface area contributed by atoms with Crippen LogP contribution in [0, 0.1) is 0 Å². The number of amides is 1. The van der Waals surface area contributed by atoms with E-state index in [1.807, 2.05) is 6.92 Å². The Labute approximate surface area is 96.3 Å². The van der Waals surface area contributed by atoms with E-state index in [2.05, 4.69) is 0 Å². The molecule has 16 heavy (non-hydrogen) atoms. The third kappa shape index (κ3) is 4.47. The summed E-state index contributed by atoms with van der Waals surface area (Å²) in [6.45, 7) is 4.89. The number of aliphatic hydroxyl groups is 1. The molecular weight excluding hydrogens is 210 g/mol. The third-order valence-corrected chi connectivity index (χ3v) is 2.58. The summed E-state index contributed by atoms with van der Waals surface area (Å²) >= 11 is 0. The van der Waals surface area contributed by atoms with Crippen molar-refractivity contribution in [3.05, 3.63) is 0 Å². The van der Waals surface area contributed by atoms with E-state index in [0.29, 0.717) is 39.3 Å². The van der Waals surface area contributed by atoms with Gasteiger partial charge in [0.15, 0.2) is 0 Å². The molecule has 0 aromatic heterocycles. The number of ether oxygens (including phenoxy) is 2. The van der Waals surface area contributed by atoms with Crippen molar-refractivity contribution in [3.8, 4) is 0 Å². The number of rotatable bonds is 6. The van der Waals surface area contributed by atoms with Gasteiger partial charge in [0, 0.05) is 32.7 Å². The van der Waals surface area contributed by atoms with Gasteiger partial charge < -0.3 is 19.5 Å². The summed E-state index contributed by atoms with van der Waals surface area (Å²) in [6.07, 6.45) is 1.05. The summed E-state index contributed by atoms with van der Waals surface area (Å²) in [5.74, 6) is 0.126. The SMILES string of the molecule is CCOCCCC(=O)N1CCOC(CO)C1. The van der Waals surface area contributed by atoms with Crippen LogP contribution in [0.4, 0.5) is 0 Å². The zero-order chi connectivity index (χ0) is 11.8. The highest BCUT2D eigenvalue weighted by Crippen LogP contribution is 2.07. The number of aliphatic hydroxyl groups excluding tert-OH is 1. The lowest BCUT2D eigenvalue weighted by Crippen LogP contribution is -2.46. The second-order valence-corrected chi connectivity index (χ2v) is 3.82. The second-order valence-electron chi connectivity index (χ2n) is 3.82. The van der Waals surface area contributed by atoms with E-state index in [4.69, 9.17) is 14.6 Å². The van der Waals surface area contributed by atoms with Crippen molar-refractivity contribution in [2.75, 3.05) is 39.5 Å². The molecule has 1 heterocycles. The van der Waals surface area contributed by atoms with E-state index in [1.165, 1.54) is 0 Å². The number of hydrogen-bond acceptors (Lipinski definition) is 4. The lowest BCUT2D eigenvalue weighted by atomic mass is 10.2. The average molecular weight is 231 g/mol. The molecular formula is C11H21NO4. The highest BCUT2D eigenvalue weighted by atomic mass is 16.5. The maximum absolute atomic E-state index is 11.8. The molecule has 0 aliphatic carbocycles. The largest absolute Gasteiger partial charge is 0.394 e. The number of carbonyl (C=O) groups is 1. The molecule has 5 nitrogen and oxygen atoms in total. The molecule has 1 aliphatic rings. The predicted molar refractivity (Wildman–Crippen MR) is 59.1 cm³/mol. The van der Waals surface area contributed by atoms with Gasteiger partial charge in [-0.25, -0.2) is 0 Å².